The van der Waals surface area contributed by atoms with Crippen LogP contribution >= 0.6 is 0 Å². The van der Waals surface area contributed by atoms with E-state index in [0.717, 1.165) is 44.5 Å². The fraction of sp³-hybridized carbons (Fsp3) is 0.667. The molecule has 3 rings (SSSR count). The Kier molecular flexibility index (Phi) is 8.85. The highest BCUT2D eigenvalue weighted by Crippen LogP contribution is 2.30. The average molecular weight is 488 g/mol. The van der Waals surface area contributed by atoms with Crippen LogP contribution in [0.5, 0.6) is 5.75 Å². The second-order valence-corrected chi connectivity index (χ2v) is 10.3. The van der Waals surface area contributed by atoms with Crippen molar-refractivity contribution in [3.05, 3.63) is 29.8 Å². The standard InChI is InChI=1S/C22H35N3O2.C2HF3O2/c1-21(2)13-18(14-22(3,4)24-21)23-20(26)25-12-6-7-17(15-25)16-8-10-19(27-5)11-9-16;3-2(4,5)1(6)7/h8-11,17-18,24H,6-7,12-15H2,1-5H3,(H,23,26);(H,6,7). The Hall–Kier alpha value is -2.49. The molecule has 0 aromatic heterocycles. The number of benzene rings is 1. The molecule has 10 heteroatoms. The van der Waals surface area contributed by atoms with Crippen molar-refractivity contribution in [3.63, 3.8) is 0 Å². The Morgan fingerprint density at radius 2 is 1.65 bits per heavy atom. The number of amides is 2. The van der Waals surface area contributed by atoms with Gasteiger partial charge in [-0.2, -0.15) is 13.2 Å². The Bertz CT molecular complexity index is 825. The predicted octanol–water partition coefficient (Wildman–Crippen LogP) is 4.53. The number of hydrogen-bond donors (Lipinski definition) is 3. The van der Waals surface area contributed by atoms with E-state index in [2.05, 4.69) is 50.5 Å². The Morgan fingerprint density at radius 1 is 1.12 bits per heavy atom. The minimum atomic E-state index is -5.08. The van der Waals surface area contributed by atoms with Gasteiger partial charge in [0.05, 0.1) is 7.11 Å². The third kappa shape index (κ3) is 8.38. The summed E-state index contributed by atoms with van der Waals surface area (Å²) in [6.45, 7) is 10.5. The molecule has 2 aliphatic heterocycles. The third-order valence-corrected chi connectivity index (χ3v) is 6.06. The molecule has 1 unspecified atom stereocenters. The van der Waals surface area contributed by atoms with Crippen LogP contribution in [-0.2, 0) is 4.79 Å². The number of rotatable bonds is 3. The number of carboxylic acids is 1. The number of carbonyl (C=O) groups is 2. The summed E-state index contributed by atoms with van der Waals surface area (Å²) in [5, 5.41) is 14.1. The number of urea groups is 1. The maximum atomic E-state index is 12.9. The first-order chi connectivity index (χ1) is 15.6. The highest BCUT2D eigenvalue weighted by molar-refractivity contribution is 5.75. The zero-order valence-electron chi connectivity index (χ0n) is 20.5. The lowest BCUT2D eigenvalue weighted by atomic mass is 9.79. The number of alkyl halides is 3. The molecule has 7 nitrogen and oxygen atoms in total. The van der Waals surface area contributed by atoms with Crippen LogP contribution in [0.4, 0.5) is 18.0 Å². The van der Waals surface area contributed by atoms with Crippen molar-refractivity contribution < 1.29 is 32.6 Å². The van der Waals surface area contributed by atoms with Crippen molar-refractivity contribution in [2.75, 3.05) is 20.2 Å². The smallest absolute Gasteiger partial charge is 0.490 e. The molecule has 2 aliphatic rings. The minimum absolute atomic E-state index is 0.0349. The van der Waals surface area contributed by atoms with Gasteiger partial charge in [-0.15, -0.1) is 0 Å². The summed E-state index contributed by atoms with van der Waals surface area (Å²) in [5.41, 5.74) is 1.36. The van der Waals surface area contributed by atoms with Crippen molar-refractivity contribution in [2.45, 2.75) is 82.6 Å². The van der Waals surface area contributed by atoms with Crippen LogP contribution < -0.4 is 15.4 Å². The van der Waals surface area contributed by atoms with E-state index in [0.29, 0.717) is 5.92 Å². The molecular weight excluding hydrogens is 451 g/mol. The SMILES string of the molecule is COc1ccc(C2CCCN(C(=O)NC3CC(C)(C)NC(C)(C)C3)C2)cc1.O=C(O)C(F)(F)F. The molecule has 1 aromatic rings. The van der Waals surface area contributed by atoms with Gasteiger partial charge >= 0.3 is 18.2 Å². The van der Waals surface area contributed by atoms with E-state index in [4.69, 9.17) is 14.6 Å². The summed E-state index contributed by atoms with van der Waals surface area (Å²) in [4.78, 5) is 23.8. The summed E-state index contributed by atoms with van der Waals surface area (Å²) >= 11 is 0. The van der Waals surface area contributed by atoms with Crippen LogP contribution in [0.15, 0.2) is 24.3 Å². The van der Waals surface area contributed by atoms with Gasteiger partial charge in [-0.3, -0.25) is 0 Å². The number of methoxy groups -OCH3 is 1. The van der Waals surface area contributed by atoms with Crippen LogP contribution in [-0.4, -0.2) is 65.5 Å². The number of piperidine rings is 2. The van der Waals surface area contributed by atoms with Crippen molar-refractivity contribution in [3.8, 4) is 5.75 Å². The molecule has 1 atom stereocenters. The molecule has 0 saturated carbocycles. The molecule has 34 heavy (non-hydrogen) atoms. The lowest BCUT2D eigenvalue weighted by Gasteiger charge is -2.47. The number of ether oxygens (including phenoxy) is 1. The largest absolute Gasteiger partial charge is 0.497 e. The first-order valence-electron chi connectivity index (χ1n) is 11.4. The van der Waals surface area contributed by atoms with E-state index in [1.54, 1.807) is 7.11 Å². The zero-order valence-corrected chi connectivity index (χ0v) is 20.5. The summed E-state index contributed by atoms with van der Waals surface area (Å²) in [6, 6.07) is 8.57. The molecule has 0 aliphatic carbocycles. The molecular formula is C24H36F3N3O4. The van der Waals surface area contributed by atoms with Gasteiger partial charge in [-0.1, -0.05) is 12.1 Å². The van der Waals surface area contributed by atoms with Crippen molar-refractivity contribution >= 4 is 12.0 Å². The molecule has 1 aromatic carbocycles. The van der Waals surface area contributed by atoms with E-state index < -0.39 is 12.1 Å². The summed E-state index contributed by atoms with van der Waals surface area (Å²) < 4.78 is 37.0. The number of likely N-dealkylation sites (tertiary alicyclic amines) is 1. The molecule has 192 valence electrons. The molecule has 2 heterocycles. The lowest BCUT2D eigenvalue weighted by Crippen LogP contribution is -2.63. The first kappa shape index (κ1) is 27.8. The van der Waals surface area contributed by atoms with E-state index in [-0.39, 0.29) is 23.2 Å². The van der Waals surface area contributed by atoms with Gasteiger partial charge in [0.2, 0.25) is 0 Å². The van der Waals surface area contributed by atoms with E-state index in [1.165, 1.54) is 5.56 Å². The lowest BCUT2D eigenvalue weighted by molar-refractivity contribution is -0.192. The number of aliphatic carboxylic acids is 1. The van der Waals surface area contributed by atoms with Crippen molar-refractivity contribution in [1.29, 1.82) is 0 Å². The number of nitrogens with one attached hydrogen (secondary N) is 2. The van der Waals surface area contributed by atoms with Gasteiger partial charge in [0.15, 0.2) is 0 Å². The quantitative estimate of drug-likeness (QED) is 0.583. The third-order valence-electron chi connectivity index (χ3n) is 6.06. The second-order valence-electron chi connectivity index (χ2n) is 10.3. The summed E-state index contributed by atoms with van der Waals surface area (Å²) in [7, 11) is 1.69. The number of nitrogens with zero attached hydrogens (tertiary/aromatic N) is 1. The molecule has 0 radical (unpaired) electrons. The van der Waals surface area contributed by atoms with Crippen molar-refractivity contribution in [2.24, 2.45) is 0 Å². The van der Waals surface area contributed by atoms with Crippen LogP contribution in [0.3, 0.4) is 0 Å². The first-order valence-corrected chi connectivity index (χ1v) is 11.4. The number of carbonyl (C=O) groups excluding carboxylic acids is 1. The number of carboxylic acid groups (broad SMARTS) is 1. The van der Waals surface area contributed by atoms with Gasteiger partial charge in [0.1, 0.15) is 5.75 Å². The summed E-state index contributed by atoms with van der Waals surface area (Å²) in [6.07, 6.45) is -0.993. The molecule has 0 spiro atoms. The highest BCUT2D eigenvalue weighted by Gasteiger charge is 2.39. The van der Waals surface area contributed by atoms with E-state index in [1.807, 2.05) is 17.0 Å². The van der Waals surface area contributed by atoms with Gasteiger partial charge < -0.3 is 25.4 Å². The summed E-state index contributed by atoms with van der Waals surface area (Å²) in [5.74, 6) is -1.48. The van der Waals surface area contributed by atoms with E-state index in [9.17, 15) is 18.0 Å². The Morgan fingerprint density at radius 3 is 2.12 bits per heavy atom. The fourth-order valence-electron chi connectivity index (χ4n) is 5.00. The molecule has 2 saturated heterocycles. The van der Waals surface area contributed by atoms with E-state index >= 15 is 0 Å². The van der Waals surface area contributed by atoms with Gasteiger partial charge in [0.25, 0.3) is 0 Å². The van der Waals surface area contributed by atoms with Crippen LogP contribution in [0, 0.1) is 0 Å². The topological polar surface area (TPSA) is 90.9 Å². The van der Waals surface area contributed by atoms with Gasteiger partial charge in [-0.05, 0) is 71.1 Å². The van der Waals surface area contributed by atoms with Gasteiger partial charge in [-0.25, -0.2) is 9.59 Å². The van der Waals surface area contributed by atoms with Crippen molar-refractivity contribution in [1.82, 2.24) is 15.5 Å². The Balaban J connectivity index is 0.000000509. The molecule has 0 bridgehead atoms. The monoisotopic (exact) mass is 487 g/mol. The van der Waals surface area contributed by atoms with Crippen LogP contribution in [0.2, 0.25) is 0 Å². The normalized spacial score (nSPS) is 22.2. The molecule has 2 amide bonds. The number of hydrogen-bond acceptors (Lipinski definition) is 4. The van der Waals surface area contributed by atoms with Crippen LogP contribution in [0.1, 0.15) is 64.9 Å². The minimum Gasteiger partial charge on any atom is -0.497 e. The fourth-order valence-corrected chi connectivity index (χ4v) is 5.00. The number of halogens is 3. The predicted molar refractivity (Wildman–Crippen MR) is 123 cm³/mol. The average Bonchev–Trinajstić information content (AvgIpc) is 2.71. The van der Waals surface area contributed by atoms with Gasteiger partial charge in [0, 0.05) is 36.1 Å². The zero-order chi connectivity index (χ0) is 25.7. The Labute approximate surface area is 199 Å². The maximum absolute atomic E-state index is 12.9. The second kappa shape index (κ2) is 10.8. The highest BCUT2D eigenvalue weighted by atomic mass is 19.4. The van der Waals surface area contributed by atoms with Crippen LogP contribution in [0.25, 0.3) is 0 Å². The maximum Gasteiger partial charge on any atom is 0.490 e. The molecule has 3 N–H and O–H groups in total. The molecule has 2 fully saturated rings.